The van der Waals surface area contributed by atoms with Gasteiger partial charge in [0.2, 0.25) is 5.91 Å². The zero-order chi connectivity index (χ0) is 65.4. The van der Waals surface area contributed by atoms with E-state index in [0.29, 0.717) is 12.8 Å². The number of allylic oxidation sites excluding steroid dienone is 3. The normalized spacial score (nSPS) is 28.1. The monoisotopic (exact) mass is 1290 g/mol. The molecule has 17 unspecified atom stereocenters. The third-order valence-corrected chi connectivity index (χ3v) is 18.5. The van der Waals surface area contributed by atoms with E-state index < -0.39 is 124 Å². The molecule has 0 aromatic heterocycles. The van der Waals surface area contributed by atoms with E-state index in [0.717, 1.165) is 38.5 Å². The van der Waals surface area contributed by atoms with Crippen molar-refractivity contribution < 1.29 is 89.4 Å². The van der Waals surface area contributed by atoms with Gasteiger partial charge in [-0.2, -0.15) is 0 Å². The van der Waals surface area contributed by atoms with Gasteiger partial charge in [0.25, 0.3) is 0 Å². The molecule has 3 aliphatic heterocycles. The number of aliphatic hydroxyl groups excluding tert-OH is 11. The summed E-state index contributed by atoms with van der Waals surface area (Å²) < 4.78 is 34.4. The molecule has 530 valence electrons. The molecule has 0 bridgehead atoms. The van der Waals surface area contributed by atoms with E-state index >= 15 is 0 Å². The fraction of sp³-hybridized carbons (Fsp3) is 0.930. The summed E-state index contributed by atoms with van der Waals surface area (Å²) in [4.78, 5) is 13.4. The van der Waals surface area contributed by atoms with E-state index in [1.807, 2.05) is 6.08 Å². The molecule has 3 rings (SSSR count). The van der Waals surface area contributed by atoms with E-state index in [1.54, 1.807) is 6.08 Å². The summed E-state index contributed by atoms with van der Waals surface area (Å²) in [5.41, 5.74) is 0. The summed E-state index contributed by atoms with van der Waals surface area (Å²) in [6.45, 7) is 1.76. The number of nitrogens with one attached hydrogen (secondary N) is 1. The van der Waals surface area contributed by atoms with Gasteiger partial charge in [-0.05, 0) is 32.1 Å². The summed E-state index contributed by atoms with van der Waals surface area (Å²) in [5.74, 6) is -0.279. The molecule has 90 heavy (non-hydrogen) atoms. The van der Waals surface area contributed by atoms with Gasteiger partial charge in [0.05, 0.1) is 38.6 Å². The van der Waals surface area contributed by atoms with Crippen molar-refractivity contribution in [2.75, 3.05) is 26.4 Å². The van der Waals surface area contributed by atoms with Gasteiger partial charge in [-0.1, -0.05) is 276 Å². The van der Waals surface area contributed by atoms with Crippen LogP contribution in [-0.2, 0) is 33.2 Å². The molecule has 3 saturated heterocycles. The van der Waals surface area contributed by atoms with Crippen LogP contribution in [0.3, 0.4) is 0 Å². The van der Waals surface area contributed by atoms with Crippen molar-refractivity contribution in [2.45, 2.75) is 394 Å². The van der Waals surface area contributed by atoms with Crippen molar-refractivity contribution in [1.29, 1.82) is 0 Å². The maximum absolute atomic E-state index is 13.4. The third kappa shape index (κ3) is 34.8. The average molecular weight is 1290 g/mol. The lowest BCUT2D eigenvalue weighted by molar-refractivity contribution is -0.379. The van der Waals surface area contributed by atoms with E-state index in [1.165, 1.54) is 218 Å². The Morgan fingerprint density at radius 1 is 0.389 bits per heavy atom. The maximum atomic E-state index is 13.4. The zero-order valence-corrected chi connectivity index (χ0v) is 56.1. The molecular formula is C71H133NO18. The number of unbranched alkanes of at least 4 members (excludes halogenated alkanes) is 39. The van der Waals surface area contributed by atoms with Crippen molar-refractivity contribution in [3.05, 3.63) is 24.3 Å². The maximum Gasteiger partial charge on any atom is 0.220 e. The minimum atomic E-state index is -1.98. The molecule has 0 saturated carbocycles. The Hall–Kier alpha value is -1.73. The van der Waals surface area contributed by atoms with Gasteiger partial charge in [-0.25, -0.2) is 0 Å². The molecule has 0 aromatic rings. The zero-order valence-electron chi connectivity index (χ0n) is 56.1. The highest BCUT2D eigenvalue weighted by molar-refractivity contribution is 5.76. The number of ether oxygens (including phenoxy) is 6. The minimum Gasteiger partial charge on any atom is -0.394 e. The van der Waals surface area contributed by atoms with Crippen LogP contribution in [0.4, 0.5) is 0 Å². The van der Waals surface area contributed by atoms with Crippen molar-refractivity contribution >= 4 is 5.91 Å². The first kappa shape index (κ1) is 82.5. The molecule has 3 fully saturated rings. The second kappa shape index (κ2) is 53.4. The highest BCUT2D eigenvalue weighted by Crippen LogP contribution is 2.33. The van der Waals surface area contributed by atoms with Crippen LogP contribution in [-0.4, -0.2) is 193 Å². The van der Waals surface area contributed by atoms with E-state index in [2.05, 4.69) is 31.3 Å². The Kier molecular flexibility index (Phi) is 49.0. The van der Waals surface area contributed by atoms with Crippen LogP contribution < -0.4 is 5.32 Å². The van der Waals surface area contributed by atoms with E-state index in [9.17, 15) is 61.0 Å². The van der Waals surface area contributed by atoms with Gasteiger partial charge < -0.3 is 89.9 Å². The highest BCUT2D eigenvalue weighted by Gasteiger charge is 2.53. The van der Waals surface area contributed by atoms with Gasteiger partial charge in [-0.15, -0.1) is 0 Å². The van der Waals surface area contributed by atoms with Crippen LogP contribution in [0, 0.1) is 0 Å². The Balaban J connectivity index is 1.43. The van der Waals surface area contributed by atoms with E-state index in [4.69, 9.17) is 28.4 Å². The number of amides is 1. The second-order valence-electron chi connectivity index (χ2n) is 26.4. The Morgan fingerprint density at radius 2 is 0.711 bits per heavy atom. The molecule has 3 aliphatic rings. The SMILES string of the molecule is CCCCCCCCCCCCCCCCC/C=C/CC/C=C/C(O)C(COC1OC(CO)C(OC2OC(CO)C(OC3OC(CO)C(O)C(O)C3O)C(O)C2O)C(O)C1O)NC(=O)CCCCCCCCCCCCCCCCCCCCCCCCCC. The van der Waals surface area contributed by atoms with Gasteiger partial charge in [-0.3, -0.25) is 4.79 Å². The molecule has 0 aromatic carbocycles. The molecule has 19 nitrogen and oxygen atoms in total. The van der Waals surface area contributed by atoms with Gasteiger partial charge >= 0.3 is 0 Å². The van der Waals surface area contributed by atoms with Gasteiger partial charge in [0, 0.05) is 6.42 Å². The molecule has 3 heterocycles. The molecule has 1 amide bonds. The lowest BCUT2D eigenvalue weighted by atomic mass is 9.96. The lowest BCUT2D eigenvalue weighted by Crippen LogP contribution is -2.66. The standard InChI is InChI=1S/C71H133NO18/c1-3-5-7-9-11-13-15-17-19-21-23-25-26-27-29-31-33-35-37-39-41-43-45-47-49-59(77)72-54(55(76)48-46-44-42-40-38-36-34-32-30-28-24-22-20-18-16-14-12-10-8-6-4-2)53-85-69-65(83)62(80)67(57(51-74)87-69)90-71-66(84)63(81)68(58(52-75)88-71)89-70-64(82)61(79)60(78)56(50-73)86-70/h38,40,46,48,54-58,60-71,73-76,78-84H,3-37,39,41-45,47,49-53H2,1-2H3,(H,72,77)/b40-38+,48-46+. The van der Waals surface area contributed by atoms with Crippen molar-refractivity contribution in [2.24, 2.45) is 0 Å². The predicted octanol–water partition coefficient (Wildman–Crippen LogP) is 10.2. The minimum absolute atomic E-state index is 0.241. The first-order valence-corrected chi connectivity index (χ1v) is 36.6. The molecule has 12 N–H and O–H groups in total. The van der Waals surface area contributed by atoms with Crippen molar-refractivity contribution in [1.82, 2.24) is 5.32 Å². The number of hydrogen-bond donors (Lipinski definition) is 12. The number of carbonyl (C=O) groups excluding carboxylic acids is 1. The summed E-state index contributed by atoms with van der Waals surface area (Å²) in [7, 11) is 0. The van der Waals surface area contributed by atoms with Crippen LogP contribution in [0.25, 0.3) is 0 Å². The highest BCUT2D eigenvalue weighted by atomic mass is 16.8. The first-order chi connectivity index (χ1) is 43.8. The Bertz CT molecular complexity index is 1730. The van der Waals surface area contributed by atoms with Crippen LogP contribution in [0.1, 0.15) is 290 Å². The number of aliphatic hydroxyl groups is 11. The smallest absolute Gasteiger partial charge is 0.220 e. The van der Waals surface area contributed by atoms with Crippen LogP contribution in [0.5, 0.6) is 0 Å². The molecule has 0 aliphatic carbocycles. The Labute approximate surface area is 543 Å². The predicted molar refractivity (Wildman–Crippen MR) is 351 cm³/mol. The van der Waals surface area contributed by atoms with Crippen molar-refractivity contribution in [3.63, 3.8) is 0 Å². The number of carbonyl (C=O) groups is 1. The third-order valence-electron chi connectivity index (χ3n) is 18.5. The van der Waals surface area contributed by atoms with Crippen LogP contribution >= 0.6 is 0 Å². The second-order valence-corrected chi connectivity index (χ2v) is 26.4. The van der Waals surface area contributed by atoms with Crippen LogP contribution in [0.2, 0.25) is 0 Å². The molecule has 17 atom stereocenters. The van der Waals surface area contributed by atoms with Gasteiger partial charge in [0.1, 0.15) is 73.2 Å². The summed E-state index contributed by atoms with van der Waals surface area (Å²) in [6.07, 6.45) is 34.4. The summed E-state index contributed by atoms with van der Waals surface area (Å²) >= 11 is 0. The fourth-order valence-electron chi connectivity index (χ4n) is 12.6. The Morgan fingerprint density at radius 3 is 1.11 bits per heavy atom. The first-order valence-electron chi connectivity index (χ1n) is 36.6. The van der Waals surface area contributed by atoms with Crippen molar-refractivity contribution in [3.8, 4) is 0 Å². The number of hydrogen-bond acceptors (Lipinski definition) is 18. The average Bonchev–Trinajstić information content (AvgIpc) is 1.05. The lowest BCUT2D eigenvalue weighted by Gasteiger charge is -2.48. The topological polar surface area (TPSA) is 307 Å². The quantitative estimate of drug-likeness (QED) is 0.0199. The molecular weight excluding hydrogens is 1150 g/mol. The van der Waals surface area contributed by atoms with Gasteiger partial charge in [0.15, 0.2) is 18.9 Å². The number of rotatable bonds is 57. The molecule has 0 spiro atoms. The summed E-state index contributed by atoms with van der Waals surface area (Å²) in [6, 6.07) is -0.987. The molecule has 19 heteroatoms. The van der Waals surface area contributed by atoms with Crippen LogP contribution in [0.15, 0.2) is 24.3 Å². The molecule has 0 radical (unpaired) electrons. The fourth-order valence-corrected chi connectivity index (χ4v) is 12.6. The summed E-state index contributed by atoms with van der Waals surface area (Å²) in [5, 5.41) is 121. The largest absolute Gasteiger partial charge is 0.394 e. The van der Waals surface area contributed by atoms with E-state index in [-0.39, 0.29) is 18.9 Å².